The summed E-state index contributed by atoms with van der Waals surface area (Å²) in [4.78, 5) is 17.5. The highest BCUT2D eigenvalue weighted by Gasteiger charge is 2.21. The maximum absolute atomic E-state index is 12.8. The number of halogens is 1. The Labute approximate surface area is 165 Å². The summed E-state index contributed by atoms with van der Waals surface area (Å²) in [6.45, 7) is 1.68. The fourth-order valence-corrected chi connectivity index (χ4v) is 4.28. The molecule has 1 saturated carbocycles. The van der Waals surface area contributed by atoms with Gasteiger partial charge < -0.3 is 10.6 Å². The van der Waals surface area contributed by atoms with E-state index in [-0.39, 0.29) is 5.91 Å². The van der Waals surface area contributed by atoms with E-state index in [4.69, 9.17) is 16.6 Å². The molecule has 1 fully saturated rings. The van der Waals surface area contributed by atoms with Gasteiger partial charge in [-0.3, -0.25) is 4.79 Å². The zero-order valence-electron chi connectivity index (χ0n) is 15.6. The third kappa shape index (κ3) is 4.50. The number of nitrogens with zero attached hydrogens (tertiary/aromatic N) is 1. The standard InChI is InChI=1S/C22H26ClN3O/c23-17-8-6-15(7-9-17)12-16-13-20(26-21-14-24-11-10-19(16)21)22(27)25-18-4-2-1-3-5-18/h6-9,13,18,24H,1-5,10-12,14H2,(H,25,27). The van der Waals surface area contributed by atoms with Crippen molar-refractivity contribution in [2.24, 2.45) is 0 Å². The molecule has 2 aliphatic rings. The molecule has 0 saturated heterocycles. The lowest BCUT2D eigenvalue weighted by Gasteiger charge is -2.24. The Balaban J connectivity index is 1.60. The summed E-state index contributed by atoms with van der Waals surface area (Å²) in [5.74, 6) is -0.0346. The molecule has 1 aliphatic carbocycles. The van der Waals surface area contributed by atoms with Gasteiger partial charge in [0.05, 0.1) is 5.69 Å². The van der Waals surface area contributed by atoms with Crippen LogP contribution in [0.2, 0.25) is 5.02 Å². The number of hydrogen-bond acceptors (Lipinski definition) is 3. The normalized spacial score (nSPS) is 17.4. The molecule has 4 rings (SSSR count). The summed E-state index contributed by atoms with van der Waals surface area (Å²) in [5, 5.41) is 7.32. The van der Waals surface area contributed by atoms with Crippen molar-refractivity contribution < 1.29 is 4.79 Å². The third-order valence-electron chi connectivity index (χ3n) is 5.63. The van der Waals surface area contributed by atoms with E-state index in [9.17, 15) is 4.79 Å². The third-order valence-corrected chi connectivity index (χ3v) is 5.88. The molecule has 4 nitrogen and oxygen atoms in total. The summed E-state index contributed by atoms with van der Waals surface area (Å²) in [6, 6.07) is 10.2. The number of pyridine rings is 1. The highest BCUT2D eigenvalue weighted by Crippen LogP contribution is 2.23. The number of hydrogen-bond donors (Lipinski definition) is 2. The van der Waals surface area contributed by atoms with E-state index in [1.54, 1.807) is 0 Å². The molecule has 2 aromatic rings. The van der Waals surface area contributed by atoms with E-state index in [2.05, 4.69) is 22.8 Å². The Kier molecular flexibility index (Phi) is 5.74. The number of fused-ring (bicyclic) bond motifs is 1. The molecule has 0 radical (unpaired) electrons. The Bertz CT molecular complexity index is 813. The monoisotopic (exact) mass is 383 g/mol. The van der Waals surface area contributed by atoms with Crippen LogP contribution in [-0.4, -0.2) is 23.5 Å². The quantitative estimate of drug-likeness (QED) is 0.837. The van der Waals surface area contributed by atoms with E-state index in [0.29, 0.717) is 11.7 Å². The van der Waals surface area contributed by atoms with Crippen LogP contribution >= 0.6 is 11.6 Å². The summed E-state index contributed by atoms with van der Waals surface area (Å²) in [7, 11) is 0. The lowest BCUT2D eigenvalue weighted by molar-refractivity contribution is 0.0922. The van der Waals surface area contributed by atoms with E-state index < -0.39 is 0 Å². The molecule has 1 aromatic carbocycles. The largest absolute Gasteiger partial charge is 0.348 e. The van der Waals surface area contributed by atoms with Crippen molar-refractivity contribution in [2.75, 3.05) is 6.54 Å². The van der Waals surface area contributed by atoms with Crippen LogP contribution in [0.4, 0.5) is 0 Å². The van der Waals surface area contributed by atoms with Crippen LogP contribution in [0.5, 0.6) is 0 Å². The van der Waals surface area contributed by atoms with E-state index in [1.807, 2.05) is 18.2 Å². The number of benzene rings is 1. The van der Waals surface area contributed by atoms with Crippen molar-refractivity contribution in [3.63, 3.8) is 0 Å². The zero-order chi connectivity index (χ0) is 18.6. The highest BCUT2D eigenvalue weighted by molar-refractivity contribution is 6.30. The van der Waals surface area contributed by atoms with Crippen molar-refractivity contribution in [1.29, 1.82) is 0 Å². The van der Waals surface area contributed by atoms with Gasteiger partial charge >= 0.3 is 0 Å². The van der Waals surface area contributed by atoms with Crippen LogP contribution in [0.3, 0.4) is 0 Å². The van der Waals surface area contributed by atoms with Crippen molar-refractivity contribution >= 4 is 17.5 Å². The molecule has 2 N–H and O–H groups in total. The summed E-state index contributed by atoms with van der Waals surface area (Å²) in [6.07, 6.45) is 7.59. The van der Waals surface area contributed by atoms with Gasteiger partial charge in [-0.25, -0.2) is 4.98 Å². The molecule has 27 heavy (non-hydrogen) atoms. The molecular formula is C22H26ClN3O. The van der Waals surface area contributed by atoms with Crippen molar-refractivity contribution in [3.8, 4) is 0 Å². The fraction of sp³-hybridized carbons (Fsp3) is 0.455. The molecule has 1 amide bonds. The molecule has 0 unspecified atom stereocenters. The van der Waals surface area contributed by atoms with Crippen molar-refractivity contribution in [3.05, 3.63) is 63.4 Å². The topological polar surface area (TPSA) is 54.0 Å². The molecular weight excluding hydrogens is 358 g/mol. The lowest BCUT2D eigenvalue weighted by Crippen LogP contribution is -2.37. The van der Waals surface area contributed by atoms with E-state index in [0.717, 1.165) is 49.5 Å². The van der Waals surface area contributed by atoms with Gasteiger partial charge in [-0.1, -0.05) is 43.0 Å². The summed E-state index contributed by atoms with van der Waals surface area (Å²) >= 11 is 6.02. The molecule has 2 heterocycles. The second-order valence-corrected chi connectivity index (χ2v) is 8.07. The number of amides is 1. The summed E-state index contributed by atoms with van der Waals surface area (Å²) < 4.78 is 0. The molecule has 0 atom stereocenters. The van der Waals surface area contributed by atoms with Gasteiger partial charge in [-0.05, 0) is 67.1 Å². The smallest absolute Gasteiger partial charge is 0.270 e. The first-order chi connectivity index (χ1) is 13.2. The molecule has 1 aliphatic heterocycles. The van der Waals surface area contributed by atoms with Gasteiger partial charge in [0.25, 0.3) is 5.91 Å². The minimum Gasteiger partial charge on any atom is -0.348 e. The predicted octanol–water partition coefficient (Wildman–Crippen LogP) is 4.03. The number of nitrogens with one attached hydrogen (secondary N) is 2. The Hall–Kier alpha value is -1.91. The van der Waals surface area contributed by atoms with Crippen LogP contribution in [-0.2, 0) is 19.4 Å². The van der Waals surface area contributed by atoms with Crippen LogP contribution < -0.4 is 10.6 Å². The second kappa shape index (κ2) is 8.41. The average Bonchev–Trinajstić information content (AvgIpc) is 2.70. The molecule has 142 valence electrons. The Morgan fingerprint density at radius 3 is 2.74 bits per heavy atom. The van der Waals surface area contributed by atoms with Gasteiger partial charge in [0, 0.05) is 17.6 Å². The Morgan fingerprint density at radius 2 is 1.96 bits per heavy atom. The molecule has 0 bridgehead atoms. The van der Waals surface area contributed by atoms with Gasteiger partial charge in [0.15, 0.2) is 0 Å². The van der Waals surface area contributed by atoms with Crippen LogP contribution in [0.25, 0.3) is 0 Å². The predicted molar refractivity (Wildman–Crippen MR) is 108 cm³/mol. The van der Waals surface area contributed by atoms with Crippen molar-refractivity contribution in [1.82, 2.24) is 15.6 Å². The van der Waals surface area contributed by atoms with Gasteiger partial charge in [-0.15, -0.1) is 0 Å². The molecule has 1 aromatic heterocycles. The minimum absolute atomic E-state index is 0.0346. The lowest BCUT2D eigenvalue weighted by atomic mass is 9.93. The number of aromatic nitrogens is 1. The first-order valence-corrected chi connectivity index (χ1v) is 10.3. The molecule has 5 heteroatoms. The highest BCUT2D eigenvalue weighted by atomic mass is 35.5. The number of rotatable bonds is 4. The average molecular weight is 384 g/mol. The molecule has 0 spiro atoms. The maximum Gasteiger partial charge on any atom is 0.270 e. The first kappa shape index (κ1) is 18.5. The maximum atomic E-state index is 12.8. The number of carbonyl (C=O) groups excluding carboxylic acids is 1. The SMILES string of the molecule is O=C(NC1CCCCC1)c1cc(Cc2ccc(Cl)cc2)c2c(n1)CNCC2. The van der Waals surface area contributed by atoms with Crippen LogP contribution in [0, 0.1) is 0 Å². The van der Waals surface area contributed by atoms with Crippen LogP contribution in [0.15, 0.2) is 30.3 Å². The second-order valence-electron chi connectivity index (χ2n) is 7.63. The number of carbonyl (C=O) groups is 1. The summed E-state index contributed by atoms with van der Waals surface area (Å²) in [5.41, 5.74) is 5.26. The van der Waals surface area contributed by atoms with E-state index >= 15 is 0 Å². The van der Waals surface area contributed by atoms with E-state index in [1.165, 1.54) is 36.0 Å². The Morgan fingerprint density at radius 1 is 1.19 bits per heavy atom. The fourth-order valence-electron chi connectivity index (χ4n) is 4.16. The van der Waals surface area contributed by atoms with Crippen LogP contribution in [0.1, 0.15) is 65.0 Å². The van der Waals surface area contributed by atoms with Gasteiger partial charge in [0.1, 0.15) is 5.69 Å². The minimum atomic E-state index is -0.0346. The zero-order valence-corrected chi connectivity index (χ0v) is 16.3. The van der Waals surface area contributed by atoms with Gasteiger partial charge in [0.2, 0.25) is 0 Å². The van der Waals surface area contributed by atoms with Gasteiger partial charge in [-0.2, -0.15) is 0 Å². The first-order valence-electron chi connectivity index (χ1n) is 9.97. The van der Waals surface area contributed by atoms with Crippen molar-refractivity contribution in [2.45, 2.75) is 57.5 Å².